The second-order valence-electron chi connectivity index (χ2n) is 6.90. The molecule has 0 amide bonds. The molecular weight excluding hydrogens is 369 g/mol. The first-order chi connectivity index (χ1) is 12.7. The fourth-order valence-electron chi connectivity index (χ4n) is 3.32. The zero-order chi connectivity index (χ0) is 19.8. The van der Waals surface area contributed by atoms with Crippen molar-refractivity contribution in [2.75, 3.05) is 18.6 Å². The number of carbonyl (C=O) groups excluding carboxylic acids is 2. The largest absolute Gasteiger partial charge is 0.454 e. The van der Waals surface area contributed by atoms with Crippen LogP contribution in [0.1, 0.15) is 29.8 Å². The molecule has 0 saturated heterocycles. The van der Waals surface area contributed by atoms with E-state index in [4.69, 9.17) is 16.3 Å². The summed E-state index contributed by atoms with van der Waals surface area (Å²) in [5, 5.41) is -0.0575. The standard InChI is InChI=1S/C21H19ClFNO3/c1-21(2)16-6-4-5-7-18(16)24(3)19(21)11-14(25)12-27-20(26)15-9-8-13(23)10-17(15)22/h4-11H,12H2,1-3H3/b19-11+. The number of likely N-dealkylation sites (N-methyl/N-ethyl adjacent to an activating group) is 1. The fraction of sp³-hybridized carbons (Fsp3) is 0.238. The molecule has 1 aliphatic heterocycles. The van der Waals surface area contributed by atoms with Gasteiger partial charge in [0.05, 0.1) is 10.6 Å². The van der Waals surface area contributed by atoms with E-state index in [2.05, 4.69) is 0 Å². The van der Waals surface area contributed by atoms with Crippen LogP contribution in [0.15, 0.2) is 54.2 Å². The van der Waals surface area contributed by atoms with E-state index >= 15 is 0 Å². The van der Waals surface area contributed by atoms with Crippen molar-refractivity contribution in [2.45, 2.75) is 19.3 Å². The lowest BCUT2D eigenvalue weighted by Gasteiger charge is -2.23. The molecule has 140 valence electrons. The molecule has 6 heteroatoms. The normalized spacial score (nSPS) is 16.3. The quantitative estimate of drug-likeness (QED) is 0.571. The van der Waals surface area contributed by atoms with E-state index in [1.807, 2.05) is 50.1 Å². The summed E-state index contributed by atoms with van der Waals surface area (Å²) in [5.41, 5.74) is 2.66. The highest BCUT2D eigenvalue weighted by Crippen LogP contribution is 2.46. The summed E-state index contributed by atoms with van der Waals surface area (Å²) >= 11 is 5.84. The lowest BCUT2D eigenvalue weighted by atomic mass is 9.83. The van der Waals surface area contributed by atoms with Crippen LogP contribution < -0.4 is 4.90 Å². The van der Waals surface area contributed by atoms with Crippen LogP contribution in [0.2, 0.25) is 5.02 Å². The molecule has 3 rings (SSSR count). The molecule has 0 N–H and O–H groups in total. The average molecular weight is 388 g/mol. The van der Waals surface area contributed by atoms with Crippen molar-refractivity contribution in [3.63, 3.8) is 0 Å². The van der Waals surface area contributed by atoms with Crippen LogP contribution in [0.5, 0.6) is 0 Å². The first-order valence-electron chi connectivity index (χ1n) is 8.42. The molecule has 0 aliphatic carbocycles. The van der Waals surface area contributed by atoms with Gasteiger partial charge in [-0.15, -0.1) is 0 Å². The van der Waals surface area contributed by atoms with Gasteiger partial charge in [-0.3, -0.25) is 4.79 Å². The number of hydrogen-bond donors (Lipinski definition) is 0. The Morgan fingerprint density at radius 3 is 2.59 bits per heavy atom. The molecule has 1 aliphatic rings. The van der Waals surface area contributed by atoms with Crippen LogP contribution in [0.4, 0.5) is 10.1 Å². The van der Waals surface area contributed by atoms with Gasteiger partial charge in [0.1, 0.15) is 5.82 Å². The summed E-state index contributed by atoms with van der Waals surface area (Å²) < 4.78 is 18.1. The maximum absolute atomic E-state index is 13.1. The Bertz CT molecular complexity index is 952. The second kappa shape index (κ2) is 7.16. The molecule has 2 aromatic carbocycles. The summed E-state index contributed by atoms with van der Waals surface area (Å²) in [4.78, 5) is 26.4. The molecule has 0 saturated carbocycles. The minimum Gasteiger partial charge on any atom is -0.454 e. The van der Waals surface area contributed by atoms with E-state index in [0.717, 1.165) is 29.1 Å². The number of ketones is 1. The van der Waals surface area contributed by atoms with Gasteiger partial charge in [0, 0.05) is 29.9 Å². The number of esters is 1. The number of carbonyl (C=O) groups is 2. The molecule has 0 bridgehead atoms. The number of allylic oxidation sites excluding steroid dienone is 1. The summed E-state index contributed by atoms with van der Waals surface area (Å²) in [6.07, 6.45) is 1.50. The molecular formula is C21H19ClFNO3. The summed E-state index contributed by atoms with van der Waals surface area (Å²) in [5.74, 6) is -1.66. The third kappa shape index (κ3) is 3.60. The monoisotopic (exact) mass is 387 g/mol. The first-order valence-corrected chi connectivity index (χ1v) is 8.80. The Kier molecular flexibility index (Phi) is 5.07. The fourth-order valence-corrected chi connectivity index (χ4v) is 3.57. The van der Waals surface area contributed by atoms with Gasteiger partial charge in [0.2, 0.25) is 0 Å². The Labute approximate surface area is 162 Å². The van der Waals surface area contributed by atoms with E-state index < -0.39 is 18.4 Å². The van der Waals surface area contributed by atoms with Crippen molar-refractivity contribution in [1.29, 1.82) is 0 Å². The van der Waals surface area contributed by atoms with Gasteiger partial charge in [-0.05, 0) is 29.8 Å². The molecule has 0 spiro atoms. The number of halogens is 2. The maximum atomic E-state index is 13.1. The van der Waals surface area contributed by atoms with Crippen molar-refractivity contribution in [1.82, 2.24) is 0 Å². The number of fused-ring (bicyclic) bond motifs is 1. The SMILES string of the molecule is CN1/C(=C/C(=O)COC(=O)c2ccc(F)cc2Cl)C(C)(C)c2ccccc21. The van der Waals surface area contributed by atoms with Crippen LogP contribution in [-0.4, -0.2) is 25.4 Å². The third-order valence-electron chi connectivity index (χ3n) is 4.73. The topological polar surface area (TPSA) is 46.6 Å². The maximum Gasteiger partial charge on any atom is 0.340 e. The van der Waals surface area contributed by atoms with Crippen molar-refractivity contribution in [3.8, 4) is 0 Å². The Hall–Kier alpha value is -2.66. The Morgan fingerprint density at radius 2 is 1.93 bits per heavy atom. The first kappa shape index (κ1) is 19.1. The summed E-state index contributed by atoms with van der Waals surface area (Å²) in [7, 11) is 1.90. The third-order valence-corrected chi connectivity index (χ3v) is 5.05. The van der Waals surface area contributed by atoms with Crippen molar-refractivity contribution < 1.29 is 18.7 Å². The lowest BCUT2D eigenvalue weighted by Crippen LogP contribution is -2.25. The van der Waals surface area contributed by atoms with E-state index in [-0.39, 0.29) is 21.8 Å². The number of para-hydroxylation sites is 1. The van der Waals surface area contributed by atoms with E-state index in [1.165, 1.54) is 12.1 Å². The summed E-state index contributed by atoms with van der Waals surface area (Å²) in [6.45, 7) is 3.66. The predicted octanol–water partition coefficient (Wildman–Crippen LogP) is 4.52. The minimum absolute atomic E-state index is 0.0178. The number of ether oxygens (including phenoxy) is 1. The molecule has 4 nitrogen and oxygen atoms in total. The highest BCUT2D eigenvalue weighted by Gasteiger charge is 2.38. The molecule has 0 atom stereocenters. The minimum atomic E-state index is -0.769. The number of hydrogen-bond acceptors (Lipinski definition) is 4. The van der Waals surface area contributed by atoms with Crippen molar-refractivity contribution in [2.24, 2.45) is 0 Å². The average Bonchev–Trinajstić information content (AvgIpc) is 2.81. The van der Waals surface area contributed by atoms with Gasteiger partial charge in [-0.25, -0.2) is 9.18 Å². The van der Waals surface area contributed by atoms with Crippen LogP contribution in [-0.2, 0) is 14.9 Å². The molecule has 0 aromatic heterocycles. The molecule has 0 unspecified atom stereocenters. The van der Waals surface area contributed by atoms with Crippen LogP contribution in [0, 0.1) is 5.82 Å². The number of nitrogens with zero attached hydrogens (tertiary/aromatic N) is 1. The lowest BCUT2D eigenvalue weighted by molar-refractivity contribution is -0.117. The molecule has 2 aromatic rings. The number of rotatable bonds is 4. The zero-order valence-electron chi connectivity index (χ0n) is 15.3. The van der Waals surface area contributed by atoms with Gasteiger partial charge in [-0.1, -0.05) is 43.6 Å². The van der Waals surface area contributed by atoms with Gasteiger partial charge in [-0.2, -0.15) is 0 Å². The highest BCUT2D eigenvalue weighted by molar-refractivity contribution is 6.33. The van der Waals surface area contributed by atoms with Gasteiger partial charge in [0.25, 0.3) is 0 Å². The highest BCUT2D eigenvalue weighted by atomic mass is 35.5. The van der Waals surface area contributed by atoms with Gasteiger partial charge < -0.3 is 9.64 Å². The summed E-state index contributed by atoms with van der Waals surface area (Å²) in [6, 6.07) is 11.3. The van der Waals surface area contributed by atoms with Crippen molar-refractivity contribution >= 4 is 29.0 Å². The second-order valence-corrected chi connectivity index (χ2v) is 7.30. The number of benzene rings is 2. The van der Waals surface area contributed by atoms with Crippen LogP contribution in [0.25, 0.3) is 0 Å². The molecule has 27 heavy (non-hydrogen) atoms. The predicted molar refractivity (Wildman–Crippen MR) is 103 cm³/mol. The molecule has 1 heterocycles. The Balaban J connectivity index is 1.73. The van der Waals surface area contributed by atoms with Crippen LogP contribution in [0.3, 0.4) is 0 Å². The molecule has 0 fully saturated rings. The van der Waals surface area contributed by atoms with Crippen LogP contribution >= 0.6 is 11.6 Å². The smallest absolute Gasteiger partial charge is 0.340 e. The van der Waals surface area contributed by atoms with Gasteiger partial charge in [0.15, 0.2) is 12.4 Å². The van der Waals surface area contributed by atoms with E-state index in [0.29, 0.717) is 0 Å². The van der Waals surface area contributed by atoms with Crippen molar-refractivity contribution in [3.05, 3.63) is 76.2 Å². The Morgan fingerprint density at radius 1 is 1.22 bits per heavy atom. The van der Waals surface area contributed by atoms with E-state index in [9.17, 15) is 14.0 Å². The molecule has 0 radical (unpaired) electrons. The van der Waals surface area contributed by atoms with Gasteiger partial charge >= 0.3 is 5.97 Å². The number of anilines is 1. The van der Waals surface area contributed by atoms with E-state index in [1.54, 1.807) is 0 Å². The zero-order valence-corrected chi connectivity index (χ0v) is 16.0.